The molecule has 0 saturated carbocycles. The van der Waals surface area contributed by atoms with Gasteiger partial charge in [0.15, 0.2) is 19.0 Å². The highest BCUT2D eigenvalue weighted by Gasteiger charge is 2.26. The van der Waals surface area contributed by atoms with Gasteiger partial charge in [0.25, 0.3) is 11.8 Å². The SMILES string of the molecule is Cc1ccc(C(C)C)c(OCC(=O)OCC(=O)N2CCN(C(=O)c3ccco3)CC2)c1. The Morgan fingerprint density at radius 2 is 1.74 bits per heavy atom. The van der Waals surface area contributed by atoms with E-state index in [-0.39, 0.29) is 36.7 Å². The van der Waals surface area contributed by atoms with Crippen molar-refractivity contribution in [3.05, 3.63) is 53.5 Å². The number of benzene rings is 1. The number of nitrogens with zero attached hydrogens (tertiary/aromatic N) is 2. The maximum Gasteiger partial charge on any atom is 0.344 e. The zero-order chi connectivity index (χ0) is 22.4. The largest absolute Gasteiger partial charge is 0.482 e. The predicted molar refractivity (Wildman–Crippen MR) is 113 cm³/mol. The molecule has 2 heterocycles. The maximum atomic E-state index is 12.4. The van der Waals surface area contributed by atoms with E-state index >= 15 is 0 Å². The van der Waals surface area contributed by atoms with Crippen molar-refractivity contribution in [1.29, 1.82) is 0 Å². The molecular formula is C23H28N2O6. The molecule has 31 heavy (non-hydrogen) atoms. The fourth-order valence-corrected chi connectivity index (χ4v) is 3.37. The first-order valence-electron chi connectivity index (χ1n) is 10.3. The zero-order valence-electron chi connectivity index (χ0n) is 18.1. The van der Waals surface area contributed by atoms with Crippen LogP contribution in [0.4, 0.5) is 0 Å². The van der Waals surface area contributed by atoms with Gasteiger partial charge in [-0.3, -0.25) is 9.59 Å². The lowest BCUT2D eigenvalue weighted by molar-refractivity contribution is -0.154. The summed E-state index contributed by atoms with van der Waals surface area (Å²) >= 11 is 0. The molecule has 1 aromatic heterocycles. The second-order valence-electron chi connectivity index (χ2n) is 7.80. The summed E-state index contributed by atoms with van der Waals surface area (Å²) < 4.78 is 15.9. The zero-order valence-corrected chi connectivity index (χ0v) is 18.1. The Morgan fingerprint density at radius 1 is 1.03 bits per heavy atom. The minimum Gasteiger partial charge on any atom is -0.482 e. The monoisotopic (exact) mass is 428 g/mol. The molecule has 0 radical (unpaired) electrons. The number of ether oxygens (including phenoxy) is 2. The lowest BCUT2D eigenvalue weighted by Crippen LogP contribution is -2.51. The molecular weight excluding hydrogens is 400 g/mol. The van der Waals surface area contributed by atoms with Gasteiger partial charge in [-0.1, -0.05) is 26.0 Å². The number of esters is 1. The Balaban J connectivity index is 1.41. The molecule has 1 saturated heterocycles. The van der Waals surface area contributed by atoms with Crippen molar-refractivity contribution in [2.45, 2.75) is 26.7 Å². The first-order chi connectivity index (χ1) is 14.8. The fourth-order valence-electron chi connectivity index (χ4n) is 3.37. The molecule has 8 nitrogen and oxygen atoms in total. The van der Waals surface area contributed by atoms with Gasteiger partial charge in [-0.2, -0.15) is 0 Å². The third-order valence-corrected chi connectivity index (χ3v) is 5.14. The van der Waals surface area contributed by atoms with E-state index < -0.39 is 5.97 Å². The summed E-state index contributed by atoms with van der Waals surface area (Å²) in [5.41, 5.74) is 2.05. The topological polar surface area (TPSA) is 89.3 Å². The number of rotatable bonds is 7. The third kappa shape index (κ3) is 5.87. The Kier molecular flexibility index (Phi) is 7.33. The van der Waals surface area contributed by atoms with Gasteiger partial charge >= 0.3 is 5.97 Å². The number of hydrogen-bond donors (Lipinski definition) is 0. The number of piperazine rings is 1. The third-order valence-electron chi connectivity index (χ3n) is 5.14. The van der Waals surface area contributed by atoms with Crippen molar-refractivity contribution >= 4 is 17.8 Å². The molecule has 2 aromatic rings. The van der Waals surface area contributed by atoms with E-state index in [0.717, 1.165) is 11.1 Å². The van der Waals surface area contributed by atoms with Crippen LogP contribution in [0.25, 0.3) is 0 Å². The quantitative estimate of drug-likeness (QED) is 0.630. The minimum atomic E-state index is -0.601. The van der Waals surface area contributed by atoms with E-state index in [2.05, 4.69) is 13.8 Å². The number of carbonyl (C=O) groups excluding carboxylic acids is 3. The lowest BCUT2D eigenvalue weighted by Gasteiger charge is -2.34. The molecule has 1 aliphatic heterocycles. The maximum absolute atomic E-state index is 12.4. The Labute approximate surface area is 181 Å². The Hall–Kier alpha value is -3.29. The van der Waals surface area contributed by atoms with Gasteiger partial charge in [-0.25, -0.2) is 4.79 Å². The average molecular weight is 428 g/mol. The van der Waals surface area contributed by atoms with E-state index in [1.54, 1.807) is 21.9 Å². The van der Waals surface area contributed by atoms with E-state index in [9.17, 15) is 14.4 Å². The number of amides is 2. The molecule has 1 aromatic carbocycles. The van der Waals surface area contributed by atoms with Crippen molar-refractivity contribution in [1.82, 2.24) is 9.80 Å². The van der Waals surface area contributed by atoms with Crippen molar-refractivity contribution in [3.63, 3.8) is 0 Å². The van der Waals surface area contributed by atoms with E-state index in [0.29, 0.717) is 31.9 Å². The first-order valence-corrected chi connectivity index (χ1v) is 10.3. The molecule has 0 aliphatic carbocycles. The summed E-state index contributed by atoms with van der Waals surface area (Å²) in [5.74, 6) is 0.0933. The standard InChI is InChI=1S/C23H28N2O6/c1-16(2)18-7-6-17(3)13-20(18)30-15-22(27)31-14-21(26)24-8-10-25(11-9-24)23(28)19-5-4-12-29-19/h4-7,12-13,16H,8-11,14-15H2,1-3H3. The highest BCUT2D eigenvalue weighted by Crippen LogP contribution is 2.27. The summed E-state index contributed by atoms with van der Waals surface area (Å²) in [7, 11) is 0. The van der Waals surface area contributed by atoms with Crippen molar-refractivity contribution in [3.8, 4) is 5.75 Å². The molecule has 2 amide bonds. The van der Waals surface area contributed by atoms with E-state index in [4.69, 9.17) is 13.9 Å². The fraction of sp³-hybridized carbons (Fsp3) is 0.435. The van der Waals surface area contributed by atoms with Crippen LogP contribution in [0.1, 0.15) is 41.4 Å². The molecule has 0 atom stereocenters. The summed E-state index contributed by atoms with van der Waals surface area (Å²) in [6.45, 7) is 6.99. The number of hydrogen-bond acceptors (Lipinski definition) is 6. The second kappa shape index (κ2) is 10.1. The lowest BCUT2D eigenvalue weighted by atomic mass is 10.0. The van der Waals surface area contributed by atoms with Crippen LogP contribution in [0.5, 0.6) is 5.75 Å². The molecule has 0 spiro atoms. The van der Waals surface area contributed by atoms with Crippen LogP contribution >= 0.6 is 0 Å². The van der Waals surface area contributed by atoms with Crippen LogP contribution in [0.2, 0.25) is 0 Å². The Bertz CT molecular complexity index is 914. The molecule has 0 N–H and O–H groups in total. The van der Waals surface area contributed by atoms with Crippen LogP contribution in [0, 0.1) is 6.92 Å². The predicted octanol–water partition coefficient (Wildman–Crippen LogP) is 2.62. The average Bonchev–Trinajstić information content (AvgIpc) is 3.30. The van der Waals surface area contributed by atoms with Crippen molar-refractivity contribution in [2.75, 3.05) is 39.4 Å². The van der Waals surface area contributed by atoms with Gasteiger partial charge in [-0.15, -0.1) is 0 Å². The smallest absolute Gasteiger partial charge is 0.344 e. The van der Waals surface area contributed by atoms with Crippen LogP contribution in [-0.2, 0) is 14.3 Å². The molecule has 3 rings (SSSR count). The normalized spacial score (nSPS) is 13.9. The van der Waals surface area contributed by atoms with Gasteiger partial charge in [0.05, 0.1) is 6.26 Å². The molecule has 0 unspecified atom stereocenters. The molecule has 166 valence electrons. The summed E-state index contributed by atoms with van der Waals surface area (Å²) in [6.07, 6.45) is 1.45. The number of aryl methyl sites for hydroxylation is 1. The molecule has 1 fully saturated rings. The van der Waals surface area contributed by atoms with Crippen molar-refractivity contribution < 1.29 is 28.3 Å². The van der Waals surface area contributed by atoms with Gasteiger partial charge in [0, 0.05) is 26.2 Å². The van der Waals surface area contributed by atoms with Crippen LogP contribution in [0.15, 0.2) is 41.0 Å². The van der Waals surface area contributed by atoms with Crippen LogP contribution in [-0.4, -0.2) is 67.0 Å². The first kappa shape index (κ1) is 22.4. The Morgan fingerprint density at radius 3 is 2.39 bits per heavy atom. The summed E-state index contributed by atoms with van der Waals surface area (Å²) in [6, 6.07) is 9.15. The van der Waals surface area contributed by atoms with Gasteiger partial charge < -0.3 is 23.7 Å². The molecule has 0 bridgehead atoms. The summed E-state index contributed by atoms with van der Waals surface area (Å²) in [4.78, 5) is 39.9. The van der Waals surface area contributed by atoms with E-state index in [1.165, 1.54) is 6.26 Å². The molecule has 8 heteroatoms. The molecule has 1 aliphatic rings. The van der Waals surface area contributed by atoms with Crippen LogP contribution in [0.3, 0.4) is 0 Å². The minimum absolute atomic E-state index is 0.197. The number of carbonyl (C=O) groups is 3. The number of furan rings is 1. The van der Waals surface area contributed by atoms with Gasteiger partial charge in [0.1, 0.15) is 5.75 Å². The van der Waals surface area contributed by atoms with Gasteiger partial charge in [0.2, 0.25) is 0 Å². The van der Waals surface area contributed by atoms with Gasteiger partial charge in [-0.05, 0) is 42.2 Å². The highest BCUT2D eigenvalue weighted by molar-refractivity contribution is 5.91. The van der Waals surface area contributed by atoms with Crippen LogP contribution < -0.4 is 4.74 Å². The van der Waals surface area contributed by atoms with E-state index in [1.807, 2.05) is 25.1 Å². The van der Waals surface area contributed by atoms with Crippen molar-refractivity contribution in [2.24, 2.45) is 0 Å². The second-order valence-corrected chi connectivity index (χ2v) is 7.80. The highest BCUT2D eigenvalue weighted by atomic mass is 16.6. The summed E-state index contributed by atoms with van der Waals surface area (Å²) in [5, 5.41) is 0.